The van der Waals surface area contributed by atoms with E-state index in [-0.39, 0.29) is 5.95 Å². The summed E-state index contributed by atoms with van der Waals surface area (Å²) in [5, 5.41) is 0.909. The van der Waals surface area contributed by atoms with Gasteiger partial charge in [-0.2, -0.15) is 4.98 Å². The number of halogens is 1. The van der Waals surface area contributed by atoms with Crippen molar-refractivity contribution in [3.05, 3.63) is 39.2 Å². The van der Waals surface area contributed by atoms with Crippen LogP contribution >= 0.6 is 27.3 Å². The monoisotopic (exact) mass is 363 g/mol. The summed E-state index contributed by atoms with van der Waals surface area (Å²) in [6.07, 6.45) is 0.956. The highest BCUT2D eigenvalue weighted by atomic mass is 79.9. The van der Waals surface area contributed by atoms with Gasteiger partial charge in [-0.15, -0.1) is 11.3 Å². The van der Waals surface area contributed by atoms with Gasteiger partial charge < -0.3 is 10.5 Å². The van der Waals surface area contributed by atoms with E-state index in [0.29, 0.717) is 5.88 Å². The quantitative estimate of drug-likeness (QED) is 0.732. The maximum Gasteiger partial charge on any atom is 0.232 e. The molecule has 3 aromatic rings. The molecule has 0 unspecified atom stereocenters. The molecule has 0 radical (unpaired) electrons. The van der Waals surface area contributed by atoms with Gasteiger partial charge >= 0.3 is 0 Å². The predicted molar refractivity (Wildman–Crippen MR) is 90.2 cm³/mol. The van der Waals surface area contributed by atoms with E-state index < -0.39 is 0 Å². The fourth-order valence-corrected chi connectivity index (χ4v) is 3.22. The van der Waals surface area contributed by atoms with Crippen molar-refractivity contribution in [2.75, 3.05) is 5.73 Å². The van der Waals surface area contributed by atoms with Crippen LogP contribution in [0.15, 0.2) is 28.7 Å². The fraction of sp³-hybridized carbons (Fsp3) is 0.200. The van der Waals surface area contributed by atoms with Gasteiger partial charge in [-0.1, -0.05) is 22.9 Å². The number of nitrogen functional groups attached to an aromatic ring is 1. The third kappa shape index (κ3) is 2.87. The lowest BCUT2D eigenvalue weighted by Crippen LogP contribution is -1.97. The number of aromatic nitrogens is 2. The third-order valence-electron chi connectivity index (χ3n) is 3.12. The molecule has 0 fully saturated rings. The summed E-state index contributed by atoms with van der Waals surface area (Å²) in [6.45, 7) is 4.13. The zero-order valence-corrected chi connectivity index (χ0v) is 14.1. The average Bonchev–Trinajstić information content (AvgIpc) is 2.86. The van der Waals surface area contributed by atoms with Gasteiger partial charge in [0.05, 0.1) is 5.39 Å². The van der Waals surface area contributed by atoms with Crippen molar-refractivity contribution in [1.29, 1.82) is 0 Å². The molecule has 1 aromatic carbocycles. The summed E-state index contributed by atoms with van der Waals surface area (Å²) >= 11 is 5.10. The maximum atomic E-state index is 5.92. The zero-order chi connectivity index (χ0) is 15.0. The molecule has 108 valence electrons. The molecule has 6 heteroatoms. The van der Waals surface area contributed by atoms with E-state index in [1.807, 2.05) is 25.1 Å². The maximum absolute atomic E-state index is 5.92. The van der Waals surface area contributed by atoms with Gasteiger partial charge in [0.25, 0.3) is 0 Å². The Morgan fingerprint density at radius 3 is 2.81 bits per heavy atom. The first kappa shape index (κ1) is 14.3. The van der Waals surface area contributed by atoms with Crippen LogP contribution < -0.4 is 10.5 Å². The van der Waals surface area contributed by atoms with Crippen LogP contribution in [0.2, 0.25) is 0 Å². The summed E-state index contributed by atoms with van der Waals surface area (Å²) in [6, 6.07) is 7.88. The second-order valence-corrected chi connectivity index (χ2v) is 6.65. The lowest BCUT2D eigenvalue weighted by Gasteiger charge is -2.08. The molecule has 0 saturated heterocycles. The first-order chi connectivity index (χ1) is 10.1. The largest absolute Gasteiger partial charge is 0.438 e. The number of fused-ring (bicyclic) bond motifs is 1. The molecule has 4 nitrogen and oxygen atoms in total. The van der Waals surface area contributed by atoms with Crippen molar-refractivity contribution < 1.29 is 4.74 Å². The van der Waals surface area contributed by atoms with Gasteiger partial charge in [0.2, 0.25) is 11.8 Å². The summed E-state index contributed by atoms with van der Waals surface area (Å²) in [5.41, 5.74) is 6.88. The van der Waals surface area contributed by atoms with Gasteiger partial charge in [0, 0.05) is 9.35 Å². The standard InChI is InChI=1S/C15H14BrN3OS/c1-3-10-7-11-13(18-15(17)19-14(11)21-10)20-9-4-5-12(16)8(2)6-9/h4-7H,3H2,1-2H3,(H2,17,18,19). The Morgan fingerprint density at radius 2 is 2.10 bits per heavy atom. The van der Waals surface area contributed by atoms with Crippen molar-refractivity contribution in [3.63, 3.8) is 0 Å². The minimum atomic E-state index is 0.232. The van der Waals surface area contributed by atoms with Crippen LogP contribution in [0.25, 0.3) is 10.2 Å². The van der Waals surface area contributed by atoms with E-state index in [1.165, 1.54) is 4.88 Å². The van der Waals surface area contributed by atoms with Crippen molar-refractivity contribution in [1.82, 2.24) is 9.97 Å². The molecule has 3 rings (SSSR count). The van der Waals surface area contributed by atoms with E-state index in [4.69, 9.17) is 10.5 Å². The van der Waals surface area contributed by atoms with E-state index in [1.54, 1.807) is 11.3 Å². The van der Waals surface area contributed by atoms with Crippen molar-refractivity contribution >= 4 is 43.4 Å². The van der Waals surface area contributed by atoms with Crippen LogP contribution in [0.1, 0.15) is 17.4 Å². The molecule has 0 aliphatic heterocycles. The number of nitrogens with two attached hydrogens (primary N) is 1. The second-order valence-electron chi connectivity index (χ2n) is 4.69. The number of thiophene rings is 1. The SMILES string of the molecule is CCc1cc2c(Oc3ccc(Br)c(C)c3)nc(N)nc2s1. The van der Waals surface area contributed by atoms with E-state index in [0.717, 1.165) is 32.4 Å². The van der Waals surface area contributed by atoms with Crippen LogP contribution in [0.4, 0.5) is 5.95 Å². The Bertz CT molecular complexity index is 816. The first-order valence-corrected chi connectivity index (χ1v) is 8.17. The molecule has 0 bridgehead atoms. The molecular weight excluding hydrogens is 350 g/mol. The van der Waals surface area contributed by atoms with E-state index >= 15 is 0 Å². The normalized spacial score (nSPS) is 11.0. The minimum absolute atomic E-state index is 0.232. The Balaban J connectivity index is 2.06. The summed E-state index contributed by atoms with van der Waals surface area (Å²) in [4.78, 5) is 10.6. The van der Waals surface area contributed by atoms with Gasteiger partial charge in [-0.25, -0.2) is 4.98 Å². The Morgan fingerprint density at radius 1 is 1.29 bits per heavy atom. The van der Waals surface area contributed by atoms with Gasteiger partial charge in [-0.3, -0.25) is 0 Å². The second kappa shape index (κ2) is 5.61. The number of hydrogen-bond donors (Lipinski definition) is 1. The van der Waals surface area contributed by atoms with Crippen molar-refractivity contribution in [2.24, 2.45) is 0 Å². The van der Waals surface area contributed by atoms with Crippen LogP contribution in [0.3, 0.4) is 0 Å². The highest BCUT2D eigenvalue weighted by Gasteiger charge is 2.12. The number of hydrogen-bond acceptors (Lipinski definition) is 5. The molecule has 0 saturated carbocycles. The van der Waals surface area contributed by atoms with Crippen LogP contribution in [-0.2, 0) is 6.42 Å². The predicted octanol–water partition coefficient (Wildman–Crippen LogP) is 4.70. The highest BCUT2D eigenvalue weighted by molar-refractivity contribution is 9.10. The summed E-state index contributed by atoms with van der Waals surface area (Å²) < 4.78 is 6.97. The lowest BCUT2D eigenvalue weighted by atomic mass is 10.2. The zero-order valence-electron chi connectivity index (χ0n) is 11.7. The van der Waals surface area contributed by atoms with Crippen molar-refractivity contribution in [3.8, 4) is 11.6 Å². The molecular formula is C15H14BrN3OS. The fourth-order valence-electron chi connectivity index (χ4n) is 2.01. The molecule has 0 spiro atoms. The number of rotatable bonds is 3. The number of ether oxygens (including phenoxy) is 1. The minimum Gasteiger partial charge on any atom is -0.438 e. The van der Waals surface area contributed by atoms with Crippen LogP contribution in [0, 0.1) is 6.92 Å². The van der Waals surface area contributed by atoms with Crippen LogP contribution in [0.5, 0.6) is 11.6 Å². The molecule has 0 aliphatic carbocycles. The number of aryl methyl sites for hydroxylation is 2. The smallest absolute Gasteiger partial charge is 0.232 e. The number of anilines is 1. The molecule has 2 N–H and O–H groups in total. The Kier molecular flexibility index (Phi) is 3.82. The van der Waals surface area contributed by atoms with E-state index in [2.05, 4.69) is 38.9 Å². The first-order valence-electron chi connectivity index (χ1n) is 6.56. The average molecular weight is 364 g/mol. The molecule has 2 aromatic heterocycles. The molecule has 0 aliphatic rings. The van der Waals surface area contributed by atoms with Crippen LogP contribution in [-0.4, -0.2) is 9.97 Å². The molecule has 21 heavy (non-hydrogen) atoms. The van der Waals surface area contributed by atoms with E-state index in [9.17, 15) is 0 Å². The molecule has 2 heterocycles. The lowest BCUT2D eigenvalue weighted by molar-refractivity contribution is 0.469. The third-order valence-corrected chi connectivity index (χ3v) is 5.18. The summed E-state index contributed by atoms with van der Waals surface area (Å²) in [5.74, 6) is 1.48. The van der Waals surface area contributed by atoms with Crippen molar-refractivity contribution in [2.45, 2.75) is 20.3 Å². The number of benzene rings is 1. The van der Waals surface area contributed by atoms with Gasteiger partial charge in [0.15, 0.2) is 0 Å². The Labute approximate surface area is 135 Å². The topological polar surface area (TPSA) is 61.0 Å². The van der Waals surface area contributed by atoms with Gasteiger partial charge in [0.1, 0.15) is 10.6 Å². The summed E-state index contributed by atoms with van der Waals surface area (Å²) in [7, 11) is 0. The molecule has 0 atom stereocenters. The number of nitrogens with zero attached hydrogens (tertiary/aromatic N) is 2. The highest BCUT2D eigenvalue weighted by Crippen LogP contribution is 2.34. The molecule has 0 amide bonds. The Hall–Kier alpha value is -1.66. The van der Waals surface area contributed by atoms with Gasteiger partial charge in [-0.05, 0) is 43.2 Å².